The molecule has 1 aromatic heterocycles. The number of hydrogen-bond acceptors (Lipinski definition) is 4. The summed E-state index contributed by atoms with van der Waals surface area (Å²) in [5, 5.41) is 8.76. The van der Waals surface area contributed by atoms with Crippen molar-refractivity contribution < 1.29 is 9.59 Å². The molecule has 0 atom stereocenters. The normalized spacial score (nSPS) is 29.9. The second-order valence-corrected chi connectivity index (χ2v) is 10.9. The van der Waals surface area contributed by atoms with Gasteiger partial charge in [0.2, 0.25) is 5.91 Å². The molecule has 0 aromatic carbocycles. The molecule has 4 saturated carbocycles. The van der Waals surface area contributed by atoms with Gasteiger partial charge in [0, 0.05) is 17.5 Å². The molecule has 1 heterocycles. The highest BCUT2D eigenvalue weighted by molar-refractivity contribution is 7.13. The average molecular weight is 419 g/mol. The SMILES string of the molecule is Cc1csc(NC(=O)CN(CCC(C)C)C(=O)NC23CC4CC(CC(C4)C2)C3)n1. The highest BCUT2D eigenvalue weighted by atomic mass is 32.1. The van der Waals surface area contributed by atoms with E-state index in [4.69, 9.17) is 0 Å². The molecular formula is C22H34N4O2S. The summed E-state index contributed by atoms with van der Waals surface area (Å²) in [5.74, 6) is 2.64. The molecule has 7 heteroatoms. The van der Waals surface area contributed by atoms with Gasteiger partial charge in [0.1, 0.15) is 6.54 Å². The Morgan fingerprint density at radius 1 is 1.21 bits per heavy atom. The summed E-state index contributed by atoms with van der Waals surface area (Å²) in [5.41, 5.74) is 0.853. The summed E-state index contributed by atoms with van der Waals surface area (Å²) in [4.78, 5) is 31.8. The largest absolute Gasteiger partial charge is 0.333 e. The van der Waals surface area contributed by atoms with Gasteiger partial charge in [-0.25, -0.2) is 9.78 Å². The Labute approximate surface area is 177 Å². The van der Waals surface area contributed by atoms with Crippen LogP contribution in [0.3, 0.4) is 0 Å². The summed E-state index contributed by atoms with van der Waals surface area (Å²) in [6.07, 6.45) is 8.29. The lowest BCUT2D eigenvalue weighted by Crippen LogP contribution is -2.62. The van der Waals surface area contributed by atoms with Crippen LogP contribution in [0, 0.1) is 30.6 Å². The van der Waals surface area contributed by atoms with E-state index in [-0.39, 0.29) is 24.0 Å². The van der Waals surface area contributed by atoms with E-state index >= 15 is 0 Å². The Morgan fingerprint density at radius 2 is 1.83 bits per heavy atom. The van der Waals surface area contributed by atoms with E-state index in [0.29, 0.717) is 17.6 Å². The molecule has 6 nitrogen and oxygen atoms in total. The number of thiazole rings is 1. The van der Waals surface area contributed by atoms with Gasteiger partial charge in [0.25, 0.3) is 0 Å². The molecule has 0 aliphatic heterocycles. The van der Waals surface area contributed by atoms with Crippen LogP contribution in [-0.2, 0) is 4.79 Å². The quantitative estimate of drug-likeness (QED) is 0.688. The zero-order valence-corrected chi connectivity index (χ0v) is 18.7. The number of amides is 3. The lowest BCUT2D eigenvalue weighted by Gasteiger charge is -2.57. The van der Waals surface area contributed by atoms with Crippen molar-refractivity contribution in [3.8, 4) is 0 Å². The molecule has 160 valence electrons. The zero-order valence-electron chi connectivity index (χ0n) is 17.9. The van der Waals surface area contributed by atoms with Gasteiger partial charge < -0.3 is 15.5 Å². The van der Waals surface area contributed by atoms with E-state index in [1.165, 1.54) is 30.6 Å². The number of hydrogen-bond donors (Lipinski definition) is 2. The minimum Gasteiger partial charge on any atom is -0.333 e. The van der Waals surface area contributed by atoms with Crippen LogP contribution in [0.25, 0.3) is 0 Å². The number of urea groups is 1. The monoisotopic (exact) mass is 418 g/mol. The molecule has 5 rings (SSSR count). The van der Waals surface area contributed by atoms with Crippen molar-refractivity contribution in [1.29, 1.82) is 0 Å². The first-order valence-electron chi connectivity index (χ1n) is 11.1. The Bertz CT molecular complexity index is 724. The Hall–Kier alpha value is -1.63. The van der Waals surface area contributed by atoms with Crippen LogP contribution < -0.4 is 10.6 Å². The van der Waals surface area contributed by atoms with Crippen LogP contribution >= 0.6 is 11.3 Å². The summed E-state index contributed by atoms with van der Waals surface area (Å²) < 4.78 is 0. The molecule has 4 aliphatic carbocycles. The predicted octanol–water partition coefficient (Wildman–Crippen LogP) is 4.42. The number of rotatable bonds is 7. The van der Waals surface area contributed by atoms with Crippen molar-refractivity contribution in [3.63, 3.8) is 0 Å². The lowest BCUT2D eigenvalue weighted by molar-refractivity contribution is -0.116. The maximum absolute atomic E-state index is 13.3. The van der Waals surface area contributed by atoms with E-state index in [1.54, 1.807) is 4.90 Å². The van der Waals surface area contributed by atoms with Crippen molar-refractivity contribution in [3.05, 3.63) is 11.1 Å². The third-order valence-corrected chi connectivity index (χ3v) is 7.75. The van der Waals surface area contributed by atoms with E-state index in [0.717, 1.165) is 49.1 Å². The Kier molecular flexibility index (Phi) is 5.87. The summed E-state index contributed by atoms with van der Waals surface area (Å²) >= 11 is 1.41. The van der Waals surface area contributed by atoms with Gasteiger partial charge in [-0.3, -0.25) is 4.79 Å². The molecule has 0 radical (unpaired) electrons. The van der Waals surface area contributed by atoms with E-state index < -0.39 is 0 Å². The number of nitrogens with one attached hydrogen (secondary N) is 2. The molecular weight excluding hydrogens is 384 g/mol. The minimum absolute atomic E-state index is 0.0369. The second-order valence-electron chi connectivity index (χ2n) is 10.1. The molecule has 0 saturated heterocycles. The Balaban J connectivity index is 1.40. The molecule has 4 aliphatic rings. The van der Waals surface area contributed by atoms with Gasteiger partial charge in [-0.15, -0.1) is 11.3 Å². The highest BCUT2D eigenvalue weighted by Gasteiger charge is 2.51. The number of aromatic nitrogens is 1. The van der Waals surface area contributed by atoms with Crippen LogP contribution in [0.2, 0.25) is 0 Å². The lowest BCUT2D eigenvalue weighted by atomic mass is 9.53. The summed E-state index contributed by atoms with van der Waals surface area (Å²) in [6, 6.07) is -0.0712. The molecule has 4 bridgehead atoms. The predicted molar refractivity (Wildman–Crippen MR) is 116 cm³/mol. The fourth-order valence-electron chi connectivity index (χ4n) is 5.98. The van der Waals surface area contributed by atoms with Crippen LogP contribution in [0.5, 0.6) is 0 Å². The number of nitrogens with zero attached hydrogens (tertiary/aromatic N) is 2. The van der Waals surface area contributed by atoms with Gasteiger partial charge in [-0.05, 0) is 75.5 Å². The van der Waals surface area contributed by atoms with Crippen molar-refractivity contribution in [2.24, 2.45) is 23.7 Å². The second kappa shape index (κ2) is 8.25. The van der Waals surface area contributed by atoms with Crippen LogP contribution in [-0.4, -0.2) is 40.5 Å². The van der Waals surface area contributed by atoms with Crippen molar-refractivity contribution in [2.75, 3.05) is 18.4 Å². The molecule has 29 heavy (non-hydrogen) atoms. The molecule has 3 amide bonds. The molecule has 0 spiro atoms. The standard InChI is InChI=1S/C22H34N4O2S/c1-14(2)4-5-26(12-19(27)24-20-23-15(3)13-29-20)21(28)25-22-9-16-6-17(10-22)8-18(7-16)11-22/h13-14,16-18H,4-12H2,1-3H3,(H,25,28)(H,23,24,27). The van der Waals surface area contributed by atoms with Gasteiger partial charge >= 0.3 is 6.03 Å². The van der Waals surface area contributed by atoms with Crippen LogP contribution in [0.1, 0.15) is 64.5 Å². The first kappa shape index (κ1) is 20.6. The average Bonchev–Trinajstić information content (AvgIpc) is 3.01. The fraction of sp³-hybridized carbons (Fsp3) is 0.773. The van der Waals surface area contributed by atoms with Gasteiger partial charge in [-0.2, -0.15) is 0 Å². The highest BCUT2D eigenvalue weighted by Crippen LogP contribution is 2.55. The zero-order chi connectivity index (χ0) is 20.6. The van der Waals surface area contributed by atoms with Crippen LogP contribution in [0.4, 0.5) is 9.93 Å². The van der Waals surface area contributed by atoms with Crippen LogP contribution in [0.15, 0.2) is 5.38 Å². The van der Waals surface area contributed by atoms with Gasteiger partial charge in [0.05, 0.1) is 5.69 Å². The number of aryl methyl sites for hydroxylation is 1. The Morgan fingerprint density at radius 3 is 2.34 bits per heavy atom. The smallest absolute Gasteiger partial charge is 0.318 e. The minimum atomic E-state index is -0.177. The third kappa shape index (κ3) is 4.93. The van der Waals surface area contributed by atoms with Gasteiger partial charge in [-0.1, -0.05) is 13.8 Å². The molecule has 4 fully saturated rings. The van der Waals surface area contributed by atoms with Crippen molar-refractivity contribution in [1.82, 2.24) is 15.2 Å². The first-order valence-corrected chi connectivity index (χ1v) is 12.0. The topological polar surface area (TPSA) is 74.3 Å². The number of anilines is 1. The van der Waals surface area contributed by atoms with Crippen molar-refractivity contribution >= 4 is 28.4 Å². The summed E-state index contributed by atoms with van der Waals surface area (Å²) in [7, 11) is 0. The molecule has 2 N–H and O–H groups in total. The fourth-order valence-corrected chi connectivity index (χ4v) is 6.68. The number of carbonyl (C=O) groups is 2. The molecule has 0 unspecified atom stereocenters. The van der Waals surface area contributed by atoms with E-state index in [9.17, 15) is 9.59 Å². The van der Waals surface area contributed by atoms with Gasteiger partial charge in [0.15, 0.2) is 5.13 Å². The van der Waals surface area contributed by atoms with E-state index in [2.05, 4.69) is 29.5 Å². The maximum atomic E-state index is 13.3. The number of carbonyl (C=O) groups excluding carboxylic acids is 2. The third-order valence-electron chi connectivity index (χ3n) is 6.87. The first-order chi connectivity index (χ1) is 13.8. The van der Waals surface area contributed by atoms with E-state index in [1.807, 2.05) is 12.3 Å². The summed E-state index contributed by atoms with van der Waals surface area (Å²) in [6.45, 7) is 6.87. The molecule has 1 aromatic rings. The van der Waals surface area contributed by atoms with Crippen molar-refractivity contribution in [2.45, 2.75) is 71.3 Å². The maximum Gasteiger partial charge on any atom is 0.318 e.